The van der Waals surface area contributed by atoms with Gasteiger partial charge in [0.15, 0.2) is 9.84 Å². The van der Waals surface area contributed by atoms with Crippen LogP contribution in [0.1, 0.15) is 66.9 Å². The predicted octanol–water partition coefficient (Wildman–Crippen LogP) is 4.60. The van der Waals surface area contributed by atoms with E-state index in [1.54, 1.807) is 18.2 Å². The lowest BCUT2D eigenvalue weighted by molar-refractivity contribution is -0.139. The van der Waals surface area contributed by atoms with Crippen molar-refractivity contribution in [3.63, 3.8) is 0 Å². The minimum atomic E-state index is -4.85. The van der Waals surface area contributed by atoms with Gasteiger partial charge in [-0.1, -0.05) is 24.3 Å². The van der Waals surface area contributed by atoms with Crippen LogP contribution in [-0.2, 0) is 20.8 Å². The van der Waals surface area contributed by atoms with Crippen LogP contribution in [-0.4, -0.2) is 67.5 Å². The Balaban J connectivity index is 1.69. The Morgan fingerprint density at radius 3 is 2.39 bits per heavy atom. The van der Waals surface area contributed by atoms with Crippen molar-refractivity contribution < 1.29 is 31.2 Å². The molecule has 0 unspecified atom stereocenters. The average Bonchev–Trinajstić information content (AvgIpc) is 3.31. The molecule has 1 saturated heterocycles. The van der Waals surface area contributed by atoms with Gasteiger partial charge in [-0.3, -0.25) is 9.59 Å². The van der Waals surface area contributed by atoms with Crippen molar-refractivity contribution in [1.82, 2.24) is 15.3 Å². The lowest BCUT2D eigenvalue weighted by Gasteiger charge is -2.44. The van der Waals surface area contributed by atoms with E-state index >= 15 is 0 Å². The Kier molecular flexibility index (Phi) is 9.15. The molecule has 0 radical (unpaired) electrons. The first-order chi connectivity index (χ1) is 19.3. The highest BCUT2D eigenvalue weighted by atomic mass is 32.2. The number of halogens is 3. The Hall–Kier alpha value is -2.96. The minimum absolute atomic E-state index is 0.00897. The van der Waals surface area contributed by atoms with Crippen molar-refractivity contribution in [2.24, 2.45) is 5.92 Å². The molecule has 2 aromatic rings. The Labute approximate surface area is 238 Å². The van der Waals surface area contributed by atoms with Gasteiger partial charge in [0.05, 0.1) is 22.1 Å². The zero-order valence-electron chi connectivity index (χ0n) is 23.2. The maximum Gasteiger partial charge on any atom is 0.416 e. The van der Waals surface area contributed by atoms with E-state index in [1.807, 2.05) is 20.9 Å². The molecule has 12 heteroatoms. The number of alkyl halides is 3. The third-order valence-electron chi connectivity index (χ3n) is 8.58. The summed E-state index contributed by atoms with van der Waals surface area (Å²) < 4.78 is 68.9. The molecule has 8 nitrogen and oxygen atoms in total. The first kappa shape index (κ1) is 31.0. The van der Waals surface area contributed by atoms with Gasteiger partial charge in [0, 0.05) is 30.2 Å². The van der Waals surface area contributed by atoms with Crippen molar-refractivity contribution in [3.8, 4) is 0 Å². The van der Waals surface area contributed by atoms with Gasteiger partial charge in [-0.2, -0.15) is 13.2 Å². The average molecular weight is 595 g/mol. The van der Waals surface area contributed by atoms with Crippen LogP contribution in [0.15, 0.2) is 53.4 Å². The fourth-order valence-corrected chi connectivity index (χ4v) is 8.04. The van der Waals surface area contributed by atoms with Gasteiger partial charge in [0.1, 0.15) is 0 Å². The molecule has 224 valence electrons. The molecule has 1 N–H and O–H groups in total. The number of nitrogens with one attached hydrogen (secondary N) is 1. The highest BCUT2D eigenvalue weighted by molar-refractivity contribution is 7.91. The van der Waals surface area contributed by atoms with E-state index in [0.29, 0.717) is 19.3 Å². The highest BCUT2D eigenvalue weighted by Gasteiger charge is 2.47. The highest BCUT2D eigenvalue weighted by Crippen LogP contribution is 2.43. The van der Waals surface area contributed by atoms with Gasteiger partial charge in [0.2, 0.25) is 11.8 Å². The predicted molar refractivity (Wildman–Crippen MR) is 148 cm³/mol. The molecule has 0 aromatic heterocycles. The van der Waals surface area contributed by atoms with Crippen LogP contribution >= 0.6 is 0 Å². The molecule has 2 amide bonds. The number of benzene rings is 2. The van der Waals surface area contributed by atoms with Crippen molar-refractivity contribution in [2.45, 2.75) is 74.6 Å². The van der Waals surface area contributed by atoms with Gasteiger partial charge in [-0.05, 0) is 82.3 Å². The number of amides is 2. The van der Waals surface area contributed by atoms with Gasteiger partial charge in [0.25, 0.3) is 0 Å². The summed E-state index contributed by atoms with van der Waals surface area (Å²) in [4.78, 5) is 30.0. The molecule has 2 aromatic carbocycles. The monoisotopic (exact) mass is 594 g/mol. The van der Waals surface area contributed by atoms with Crippen LogP contribution in [0.4, 0.5) is 13.2 Å². The van der Waals surface area contributed by atoms with Crippen molar-refractivity contribution >= 4 is 21.7 Å². The fraction of sp³-hybridized carbons (Fsp3) is 0.517. The standard InChI is InChI=1S/C29H35F3N3O5S/c1-18(2)34(3)20-12-13-25(19(16-20)17-41(39,40)21-8-5-4-6-9-21)35-15-14-23(28(35)37)26-22(27(36)33-38)10-7-11-24(26)29(30,31)32/h4-11,18-20,23,25H,12-17H2,1-3H3,(H-,33,36,38)/q-1/t19-,20+,23-,25-/m0/s1. The Morgan fingerprint density at radius 2 is 1.78 bits per heavy atom. The number of likely N-dealkylation sites (tertiary alicyclic amines) is 1. The molecule has 1 heterocycles. The molecule has 41 heavy (non-hydrogen) atoms. The molecule has 1 saturated carbocycles. The number of carbonyl (C=O) groups excluding carboxylic acids is 2. The van der Waals surface area contributed by atoms with Gasteiger partial charge in [-0.25, -0.2) is 8.42 Å². The van der Waals surface area contributed by atoms with Crippen LogP contribution in [0, 0.1) is 11.1 Å². The number of hydrogen-bond donors (Lipinski definition) is 1. The van der Waals surface area contributed by atoms with Crippen molar-refractivity contribution in [2.75, 3.05) is 19.3 Å². The normalized spacial score (nSPS) is 23.8. The third-order valence-corrected chi connectivity index (χ3v) is 10.4. The summed E-state index contributed by atoms with van der Waals surface area (Å²) in [6, 6.07) is 10.8. The lowest BCUT2D eigenvalue weighted by Crippen LogP contribution is -2.51. The van der Waals surface area contributed by atoms with Gasteiger partial charge < -0.3 is 20.5 Å². The second-order valence-electron chi connectivity index (χ2n) is 11.2. The molecule has 1 aliphatic carbocycles. The van der Waals surface area contributed by atoms with E-state index in [0.717, 1.165) is 23.7 Å². The molecule has 2 fully saturated rings. The molecule has 1 aliphatic heterocycles. The number of hydroxylamine groups is 1. The van der Waals surface area contributed by atoms with E-state index in [2.05, 4.69) is 4.90 Å². The third kappa shape index (κ3) is 6.44. The van der Waals surface area contributed by atoms with Gasteiger partial charge >= 0.3 is 6.18 Å². The van der Waals surface area contributed by atoms with E-state index in [-0.39, 0.29) is 35.7 Å². The first-order valence-corrected chi connectivity index (χ1v) is 15.3. The summed E-state index contributed by atoms with van der Waals surface area (Å²) in [6.07, 6.45) is -3.16. The van der Waals surface area contributed by atoms with Crippen molar-refractivity contribution in [3.05, 3.63) is 70.4 Å². The van der Waals surface area contributed by atoms with E-state index in [1.165, 1.54) is 17.0 Å². The molecule has 0 bridgehead atoms. The molecular weight excluding hydrogens is 559 g/mol. The molecule has 0 spiro atoms. The minimum Gasteiger partial charge on any atom is -0.759 e. The van der Waals surface area contributed by atoms with Crippen LogP contribution in [0.25, 0.3) is 0 Å². The maximum absolute atomic E-state index is 14.0. The topological polar surface area (TPSA) is 110 Å². The van der Waals surface area contributed by atoms with Crippen molar-refractivity contribution in [1.29, 1.82) is 0 Å². The second kappa shape index (κ2) is 12.1. The fourth-order valence-electron chi connectivity index (χ4n) is 6.35. The summed E-state index contributed by atoms with van der Waals surface area (Å²) >= 11 is 0. The first-order valence-electron chi connectivity index (χ1n) is 13.7. The summed E-state index contributed by atoms with van der Waals surface area (Å²) in [5.74, 6) is -3.79. The largest absolute Gasteiger partial charge is 0.759 e. The van der Waals surface area contributed by atoms with Crippen LogP contribution in [0.2, 0.25) is 0 Å². The molecule has 4 rings (SSSR count). The maximum atomic E-state index is 14.0. The summed E-state index contributed by atoms with van der Waals surface area (Å²) in [5, 5.41) is 11.1. The lowest BCUT2D eigenvalue weighted by atomic mass is 9.80. The van der Waals surface area contributed by atoms with Crippen LogP contribution in [0.5, 0.6) is 0 Å². The summed E-state index contributed by atoms with van der Waals surface area (Å²) in [7, 11) is -1.74. The van der Waals surface area contributed by atoms with Crippen LogP contribution < -0.4 is 5.48 Å². The second-order valence-corrected chi connectivity index (χ2v) is 13.3. The van der Waals surface area contributed by atoms with E-state index in [4.69, 9.17) is 0 Å². The summed E-state index contributed by atoms with van der Waals surface area (Å²) in [5.41, 5.74) is -0.999. The zero-order chi connectivity index (χ0) is 30.1. The molecule has 4 atom stereocenters. The Morgan fingerprint density at radius 1 is 1.10 bits per heavy atom. The summed E-state index contributed by atoms with van der Waals surface area (Å²) in [6.45, 7) is 4.21. The van der Waals surface area contributed by atoms with Crippen LogP contribution in [0.3, 0.4) is 0 Å². The van der Waals surface area contributed by atoms with E-state index < -0.39 is 62.4 Å². The number of hydrogen-bond acceptors (Lipinski definition) is 6. The number of carbonyl (C=O) groups is 2. The molecular formula is C29H35F3N3O5S-. The number of rotatable bonds is 8. The number of nitrogens with zero attached hydrogens (tertiary/aromatic N) is 2. The number of sulfone groups is 1. The smallest absolute Gasteiger partial charge is 0.416 e. The Bertz CT molecular complexity index is 1370. The zero-order valence-corrected chi connectivity index (χ0v) is 24.0. The quantitative estimate of drug-likeness (QED) is 0.448. The SMILES string of the molecule is CC(C)N(C)[C@@H]1CC[C@H](N2CC[C@@H](c3c(C(=O)N[O-])cccc3C(F)(F)F)C2=O)[C@H](CS(=O)(=O)c2ccccc2)C1. The van der Waals surface area contributed by atoms with Gasteiger partial charge in [-0.15, -0.1) is 0 Å². The van der Waals surface area contributed by atoms with E-state index in [9.17, 15) is 36.4 Å². The molecule has 2 aliphatic rings.